The van der Waals surface area contributed by atoms with Crippen molar-refractivity contribution >= 4 is 5.88 Å². The number of aromatic hydroxyl groups is 1. The molecule has 0 unspecified atom stereocenters. The van der Waals surface area contributed by atoms with Crippen LogP contribution in [0.15, 0.2) is 45.4 Å². The van der Waals surface area contributed by atoms with Crippen LogP contribution in [0.2, 0.25) is 0 Å². The van der Waals surface area contributed by atoms with E-state index >= 15 is 0 Å². The van der Waals surface area contributed by atoms with Crippen LogP contribution in [0, 0.1) is 0 Å². The van der Waals surface area contributed by atoms with Crippen molar-refractivity contribution in [3.8, 4) is 34.1 Å². The summed E-state index contributed by atoms with van der Waals surface area (Å²) in [6.07, 6.45) is -1.84. The SMILES string of the molecule is CCCCOc1c(-c2c(NC)oc(-c3ccco3)c2O)cccc1C(F)(F)F. The zero-order valence-corrected chi connectivity index (χ0v) is 15.4. The van der Waals surface area contributed by atoms with E-state index in [1.165, 1.54) is 18.4 Å². The van der Waals surface area contributed by atoms with Gasteiger partial charge in [-0.3, -0.25) is 0 Å². The third-order valence-corrected chi connectivity index (χ3v) is 4.19. The van der Waals surface area contributed by atoms with Crippen LogP contribution in [0.4, 0.5) is 19.1 Å². The summed E-state index contributed by atoms with van der Waals surface area (Å²) in [6.45, 7) is 2.03. The van der Waals surface area contributed by atoms with Crippen molar-refractivity contribution in [1.29, 1.82) is 0 Å². The third kappa shape index (κ3) is 3.67. The number of para-hydroxylation sites is 1. The molecule has 0 aliphatic rings. The lowest BCUT2D eigenvalue weighted by atomic mass is 10.0. The third-order valence-electron chi connectivity index (χ3n) is 4.19. The lowest BCUT2D eigenvalue weighted by Crippen LogP contribution is -2.10. The van der Waals surface area contributed by atoms with Gasteiger partial charge in [-0.1, -0.05) is 25.5 Å². The van der Waals surface area contributed by atoms with Crippen molar-refractivity contribution in [2.45, 2.75) is 25.9 Å². The molecule has 150 valence electrons. The van der Waals surface area contributed by atoms with Gasteiger partial charge in [0.1, 0.15) is 5.75 Å². The van der Waals surface area contributed by atoms with E-state index in [-0.39, 0.29) is 46.6 Å². The normalized spacial score (nSPS) is 11.6. The van der Waals surface area contributed by atoms with Crippen LogP contribution in [0.25, 0.3) is 22.6 Å². The first-order valence-corrected chi connectivity index (χ1v) is 8.79. The lowest BCUT2D eigenvalue weighted by molar-refractivity contribution is -0.138. The number of ether oxygens (including phenoxy) is 1. The Bertz CT molecular complexity index is 930. The number of benzene rings is 1. The Balaban J connectivity index is 2.20. The summed E-state index contributed by atoms with van der Waals surface area (Å²) in [5, 5.41) is 13.5. The predicted octanol–water partition coefficient (Wildman–Crippen LogP) is 6.15. The Kier molecular flexibility index (Phi) is 5.58. The van der Waals surface area contributed by atoms with E-state index in [2.05, 4.69) is 5.32 Å². The number of alkyl halides is 3. The highest BCUT2D eigenvalue weighted by Gasteiger charge is 2.37. The molecule has 3 aromatic rings. The van der Waals surface area contributed by atoms with E-state index in [4.69, 9.17) is 13.6 Å². The van der Waals surface area contributed by atoms with Gasteiger partial charge in [0.25, 0.3) is 0 Å². The molecule has 2 aromatic heterocycles. The van der Waals surface area contributed by atoms with Crippen molar-refractivity contribution in [2.75, 3.05) is 19.0 Å². The van der Waals surface area contributed by atoms with Crippen molar-refractivity contribution in [3.63, 3.8) is 0 Å². The van der Waals surface area contributed by atoms with Crippen LogP contribution in [0.1, 0.15) is 25.3 Å². The first-order chi connectivity index (χ1) is 13.4. The Morgan fingerprint density at radius 1 is 1.18 bits per heavy atom. The zero-order valence-electron chi connectivity index (χ0n) is 15.4. The number of hydrogen-bond donors (Lipinski definition) is 2. The number of halogens is 3. The molecule has 0 saturated heterocycles. The molecule has 1 aromatic carbocycles. The van der Waals surface area contributed by atoms with Gasteiger partial charge in [0.05, 0.1) is 24.0 Å². The standard InChI is InChI=1S/C20H20F3NO4/c1-3-4-10-27-17-12(7-5-8-13(17)20(21,22)23)15-16(25)18(28-19(15)24-2)14-9-6-11-26-14/h5-9,11,24-25H,3-4,10H2,1-2H3. The molecule has 0 amide bonds. The Hall–Kier alpha value is -3.03. The van der Waals surface area contributed by atoms with E-state index in [9.17, 15) is 18.3 Å². The quantitative estimate of drug-likeness (QED) is 0.470. The summed E-state index contributed by atoms with van der Waals surface area (Å²) in [5.41, 5.74) is -0.760. The molecule has 0 spiro atoms. The highest BCUT2D eigenvalue weighted by atomic mass is 19.4. The maximum Gasteiger partial charge on any atom is 0.419 e. The second-order valence-electron chi connectivity index (χ2n) is 6.09. The highest BCUT2D eigenvalue weighted by molar-refractivity contribution is 5.89. The average molecular weight is 395 g/mol. The predicted molar refractivity (Wildman–Crippen MR) is 98.5 cm³/mol. The minimum atomic E-state index is -4.61. The summed E-state index contributed by atoms with van der Waals surface area (Å²) in [5.74, 6) is -0.313. The smallest absolute Gasteiger partial charge is 0.419 e. The van der Waals surface area contributed by atoms with Gasteiger partial charge in [-0.05, 0) is 24.6 Å². The van der Waals surface area contributed by atoms with Gasteiger partial charge in [-0.15, -0.1) is 0 Å². The van der Waals surface area contributed by atoms with Gasteiger partial charge in [0.2, 0.25) is 11.6 Å². The molecule has 0 saturated carbocycles. The molecular weight excluding hydrogens is 375 g/mol. The molecule has 8 heteroatoms. The van der Waals surface area contributed by atoms with Gasteiger partial charge in [0.15, 0.2) is 11.5 Å². The molecule has 0 radical (unpaired) electrons. The van der Waals surface area contributed by atoms with Gasteiger partial charge < -0.3 is 24.0 Å². The summed E-state index contributed by atoms with van der Waals surface area (Å²) in [7, 11) is 1.54. The zero-order chi connectivity index (χ0) is 20.3. The lowest BCUT2D eigenvalue weighted by Gasteiger charge is -2.17. The van der Waals surface area contributed by atoms with Gasteiger partial charge in [-0.25, -0.2) is 0 Å². The number of anilines is 1. The Morgan fingerprint density at radius 3 is 2.57 bits per heavy atom. The second-order valence-corrected chi connectivity index (χ2v) is 6.09. The largest absolute Gasteiger partial charge is 0.504 e. The molecule has 5 nitrogen and oxygen atoms in total. The Labute approximate surface area is 159 Å². The van der Waals surface area contributed by atoms with Crippen molar-refractivity contribution in [3.05, 3.63) is 42.2 Å². The molecule has 28 heavy (non-hydrogen) atoms. The fraction of sp³-hybridized carbons (Fsp3) is 0.300. The second kappa shape index (κ2) is 7.92. The fourth-order valence-electron chi connectivity index (χ4n) is 2.85. The fourth-order valence-corrected chi connectivity index (χ4v) is 2.85. The summed E-state index contributed by atoms with van der Waals surface area (Å²) < 4.78 is 57.1. The number of rotatable bonds is 7. The molecule has 0 aliphatic heterocycles. The van der Waals surface area contributed by atoms with Gasteiger partial charge in [-0.2, -0.15) is 13.2 Å². The van der Waals surface area contributed by atoms with Crippen LogP contribution in [0.5, 0.6) is 11.5 Å². The number of hydrogen-bond acceptors (Lipinski definition) is 5. The molecule has 0 atom stereocenters. The number of unbranched alkanes of at least 4 members (excludes halogenated alkanes) is 1. The molecular formula is C20H20F3NO4. The monoisotopic (exact) mass is 395 g/mol. The van der Waals surface area contributed by atoms with Crippen LogP contribution in [-0.4, -0.2) is 18.8 Å². The van der Waals surface area contributed by atoms with Crippen LogP contribution in [-0.2, 0) is 6.18 Å². The summed E-state index contributed by atoms with van der Waals surface area (Å²) in [4.78, 5) is 0. The highest BCUT2D eigenvalue weighted by Crippen LogP contribution is 2.51. The maximum absolute atomic E-state index is 13.6. The first-order valence-electron chi connectivity index (χ1n) is 8.79. The van der Waals surface area contributed by atoms with Crippen LogP contribution >= 0.6 is 0 Å². The van der Waals surface area contributed by atoms with E-state index in [1.54, 1.807) is 19.2 Å². The first kappa shape index (κ1) is 19.7. The summed E-state index contributed by atoms with van der Waals surface area (Å²) >= 11 is 0. The van der Waals surface area contributed by atoms with Gasteiger partial charge in [0, 0.05) is 12.6 Å². The van der Waals surface area contributed by atoms with Gasteiger partial charge >= 0.3 is 6.18 Å². The molecule has 2 N–H and O–H groups in total. The molecule has 0 bridgehead atoms. The maximum atomic E-state index is 13.6. The van der Waals surface area contributed by atoms with E-state index in [0.29, 0.717) is 6.42 Å². The van der Waals surface area contributed by atoms with Crippen molar-refractivity contribution in [2.24, 2.45) is 0 Å². The van der Waals surface area contributed by atoms with Crippen molar-refractivity contribution in [1.82, 2.24) is 0 Å². The minimum absolute atomic E-state index is 0.0151. The van der Waals surface area contributed by atoms with Crippen molar-refractivity contribution < 1.29 is 31.8 Å². The Morgan fingerprint density at radius 2 is 1.96 bits per heavy atom. The van der Waals surface area contributed by atoms with Crippen LogP contribution in [0.3, 0.4) is 0 Å². The van der Waals surface area contributed by atoms with Crippen LogP contribution < -0.4 is 10.1 Å². The average Bonchev–Trinajstić information content (AvgIpc) is 3.28. The molecule has 0 fully saturated rings. The molecule has 3 rings (SSSR count). The van der Waals surface area contributed by atoms with E-state index in [1.807, 2.05) is 6.92 Å². The summed E-state index contributed by atoms with van der Waals surface area (Å²) in [6, 6.07) is 6.86. The topological polar surface area (TPSA) is 67.8 Å². The number of nitrogens with one attached hydrogen (secondary N) is 1. The number of furan rings is 2. The minimum Gasteiger partial charge on any atom is -0.504 e. The van der Waals surface area contributed by atoms with E-state index < -0.39 is 11.7 Å². The van der Waals surface area contributed by atoms with E-state index in [0.717, 1.165) is 12.5 Å². The molecule has 0 aliphatic carbocycles. The molecule has 2 heterocycles.